The molecule has 0 atom stereocenters. The summed E-state index contributed by atoms with van der Waals surface area (Å²) < 4.78 is 0. The fourth-order valence-electron chi connectivity index (χ4n) is 5.12. The second-order valence-corrected chi connectivity index (χ2v) is 11.3. The minimum Gasteiger partial charge on any atom is -0.307 e. The lowest BCUT2D eigenvalue weighted by Gasteiger charge is -2.39. The van der Waals surface area contributed by atoms with Gasteiger partial charge in [0.1, 0.15) is 10.3 Å². The van der Waals surface area contributed by atoms with E-state index in [1.165, 1.54) is 0 Å². The molecule has 3 heterocycles. The molecule has 9 heteroatoms. The zero-order chi connectivity index (χ0) is 25.4. The van der Waals surface area contributed by atoms with E-state index in [0.717, 1.165) is 49.3 Å². The van der Waals surface area contributed by atoms with E-state index < -0.39 is 0 Å². The number of benzene rings is 2. The molecule has 1 aromatic heterocycles. The van der Waals surface area contributed by atoms with Gasteiger partial charge in [-0.2, -0.15) is 0 Å². The van der Waals surface area contributed by atoms with Crippen LogP contribution in [0.2, 0.25) is 25.4 Å². The number of likely N-dealkylation sites (tertiary alicyclic amines) is 1. The van der Waals surface area contributed by atoms with Crippen molar-refractivity contribution in [3.05, 3.63) is 96.7 Å². The number of piperidine rings is 1. The molecule has 1 amide bonds. The zero-order valence-corrected chi connectivity index (χ0v) is 22.9. The molecule has 1 fully saturated rings. The summed E-state index contributed by atoms with van der Waals surface area (Å²) >= 11 is 30.8. The molecule has 2 aliphatic rings. The van der Waals surface area contributed by atoms with Gasteiger partial charge >= 0.3 is 0 Å². The molecule has 2 aliphatic heterocycles. The van der Waals surface area contributed by atoms with E-state index in [1.807, 2.05) is 41.3 Å². The molecular formula is C27H22Cl5N3O. The van der Waals surface area contributed by atoms with Crippen LogP contribution >= 0.6 is 58.0 Å². The Morgan fingerprint density at radius 1 is 0.917 bits per heavy atom. The largest absolute Gasteiger partial charge is 0.307 e. The highest BCUT2D eigenvalue weighted by Gasteiger charge is 2.46. The van der Waals surface area contributed by atoms with Gasteiger partial charge in [0.25, 0.3) is 5.91 Å². The Hall–Kier alpha value is -1.79. The number of carbonyl (C=O) groups excluding carboxylic acids is 1. The van der Waals surface area contributed by atoms with Gasteiger partial charge in [-0.25, -0.2) is 4.98 Å². The maximum Gasteiger partial charge on any atom is 0.258 e. The van der Waals surface area contributed by atoms with E-state index in [-0.39, 0.29) is 21.6 Å². The van der Waals surface area contributed by atoms with Gasteiger partial charge in [0.15, 0.2) is 0 Å². The second-order valence-electron chi connectivity index (χ2n) is 9.20. The predicted molar refractivity (Wildman–Crippen MR) is 150 cm³/mol. The summed E-state index contributed by atoms with van der Waals surface area (Å²) in [5.41, 5.74) is 3.22. The Labute approximate surface area is 235 Å². The third-order valence-electron chi connectivity index (χ3n) is 6.97. The lowest BCUT2D eigenvalue weighted by atomic mass is 9.74. The van der Waals surface area contributed by atoms with Crippen molar-refractivity contribution in [3.63, 3.8) is 0 Å². The Morgan fingerprint density at radius 3 is 2.28 bits per heavy atom. The number of rotatable bonds is 4. The monoisotopic (exact) mass is 579 g/mol. The van der Waals surface area contributed by atoms with Gasteiger partial charge < -0.3 is 4.90 Å². The quantitative estimate of drug-likeness (QED) is 0.293. The zero-order valence-electron chi connectivity index (χ0n) is 19.2. The van der Waals surface area contributed by atoms with Gasteiger partial charge in [-0.3, -0.25) is 9.69 Å². The highest BCUT2D eigenvalue weighted by molar-refractivity contribution is 6.35. The third-order valence-corrected chi connectivity index (χ3v) is 8.16. The number of nitrogens with zero attached hydrogens (tertiary/aromatic N) is 3. The molecule has 1 saturated heterocycles. The molecule has 0 aliphatic carbocycles. The summed E-state index contributed by atoms with van der Waals surface area (Å²) in [7, 11) is 0. The lowest BCUT2D eigenvalue weighted by Crippen LogP contribution is -2.46. The van der Waals surface area contributed by atoms with Crippen LogP contribution in [0, 0.1) is 0 Å². The third kappa shape index (κ3) is 5.26. The van der Waals surface area contributed by atoms with Crippen LogP contribution in [0.1, 0.15) is 34.3 Å². The van der Waals surface area contributed by atoms with Crippen LogP contribution in [0.5, 0.6) is 0 Å². The van der Waals surface area contributed by atoms with Crippen molar-refractivity contribution in [3.8, 4) is 0 Å². The van der Waals surface area contributed by atoms with E-state index in [4.69, 9.17) is 58.0 Å². The summed E-state index contributed by atoms with van der Waals surface area (Å²) in [4.78, 5) is 21.7. The molecule has 36 heavy (non-hydrogen) atoms. The summed E-state index contributed by atoms with van der Waals surface area (Å²) in [5.74, 6) is -0.146. The van der Waals surface area contributed by atoms with E-state index in [2.05, 4.69) is 16.0 Å². The molecule has 3 aromatic rings. The maximum atomic E-state index is 13.5. The van der Waals surface area contributed by atoms with Gasteiger partial charge in [-0.15, -0.1) is 0 Å². The smallest absolute Gasteiger partial charge is 0.258 e. The van der Waals surface area contributed by atoms with E-state index >= 15 is 0 Å². The normalized spacial score (nSPS) is 17.2. The molecule has 0 saturated carbocycles. The molecule has 0 radical (unpaired) electrons. The van der Waals surface area contributed by atoms with Gasteiger partial charge in [0.2, 0.25) is 0 Å². The van der Waals surface area contributed by atoms with Gasteiger partial charge in [-0.1, -0.05) is 76.2 Å². The van der Waals surface area contributed by atoms with Gasteiger partial charge in [-0.05, 0) is 79.5 Å². The molecule has 0 N–H and O–H groups in total. The highest BCUT2D eigenvalue weighted by atomic mass is 35.5. The van der Waals surface area contributed by atoms with Gasteiger partial charge in [0.05, 0.1) is 0 Å². The van der Waals surface area contributed by atoms with E-state index in [0.29, 0.717) is 27.2 Å². The first-order valence-corrected chi connectivity index (χ1v) is 13.4. The first kappa shape index (κ1) is 25.8. The SMILES string of the molecule is O=C(c1cc(Cl)nc(Cl)c1)N1CC2(CCN(CC=Cc3ccc(Cl)cc3Cl)CC2)c2cc(Cl)ccc21. The molecule has 0 unspecified atom stereocenters. The number of halogens is 5. The van der Waals surface area contributed by atoms with Crippen molar-refractivity contribution in [2.24, 2.45) is 0 Å². The molecule has 5 rings (SSSR count). The van der Waals surface area contributed by atoms with Crippen molar-refractivity contribution < 1.29 is 4.79 Å². The fourth-order valence-corrected chi connectivity index (χ4v) is 6.23. The van der Waals surface area contributed by atoms with E-state index in [9.17, 15) is 4.79 Å². The van der Waals surface area contributed by atoms with Crippen LogP contribution in [-0.2, 0) is 5.41 Å². The molecule has 1 spiro atoms. The molecule has 0 bridgehead atoms. The van der Waals surface area contributed by atoms with Crippen LogP contribution < -0.4 is 4.90 Å². The average Bonchev–Trinajstić information content (AvgIpc) is 3.14. The first-order valence-electron chi connectivity index (χ1n) is 11.5. The standard InChI is InChI=1S/C27H22Cl5N3O/c28-19-5-6-23-21(14-19)27(16-35(23)26(36)18-12-24(31)33-25(32)13-18)7-10-34(11-8-27)9-1-2-17-3-4-20(29)15-22(17)30/h1-6,12-15H,7-11,16H2. The van der Waals surface area contributed by atoms with Crippen molar-refractivity contribution in [1.82, 2.24) is 9.88 Å². The molecule has 4 nitrogen and oxygen atoms in total. The predicted octanol–water partition coefficient (Wildman–Crippen LogP) is 8.06. The minimum atomic E-state index is -0.157. The summed E-state index contributed by atoms with van der Waals surface area (Å²) in [6.07, 6.45) is 5.98. The Balaban J connectivity index is 1.32. The van der Waals surface area contributed by atoms with E-state index in [1.54, 1.807) is 18.2 Å². The number of hydrogen-bond donors (Lipinski definition) is 0. The van der Waals surface area contributed by atoms with Crippen LogP contribution in [0.15, 0.2) is 54.6 Å². The van der Waals surface area contributed by atoms with Crippen molar-refractivity contribution in [2.45, 2.75) is 18.3 Å². The second kappa shape index (κ2) is 10.5. The molecular weight excluding hydrogens is 560 g/mol. The maximum absolute atomic E-state index is 13.5. The lowest BCUT2D eigenvalue weighted by molar-refractivity contribution is 0.0977. The number of anilines is 1. The van der Waals surface area contributed by atoms with Crippen molar-refractivity contribution >= 4 is 75.7 Å². The summed E-state index contributed by atoms with van der Waals surface area (Å²) in [6.45, 7) is 3.20. The topological polar surface area (TPSA) is 36.4 Å². The summed E-state index contributed by atoms with van der Waals surface area (Å²) in [6, 6.07) is 14.4. The first-order chi connectivity index (χ1) is 17.2. The van der Waals surface area contributed by atoms with Crippen molar-refractivity contribution in [2.75, 3.05) is 31.1 Å². The fraction of sp³-hybridized carbons (Fsp3) is 0.259. The van der Waals surface area contributed by atoms with Crippen LogP contribution in [-0.4, -0.2) is 42.0 Å². The highest BCUT2D eigenvalue weighted by Crippen LogP contribution is 2.48. The molecule has 186 valence electrons. The van der Waals surface area contributed by atoms with Crippen LogP contribution in [0.3, 0.4) is 0 Å². The summed E-state index contributed by atoms with van der Waals surface area (Å²) in [5, 5.41) is 2.31. The molecule has 2 aromatic carbocycles. The number of fused-ring (bicyclic) bond motifs is 2. The number of aromatic nitrogens is 1. The Kier molecular flexibility index (Phi) is 7.56. The van der Waals surface area contributed by atoms with Gasteiger partial charge in [0, 0.05) is 44.8 Å². The van der Waals surface area contributed by atoms with Crippen LogP contribution in [0.4, 0.5) is 5.69 Å². The number of amides is 1. The Morgan fingerprint density at radius 2 is 1.58 bits per heavy atom. The minimum absolute atomic E-state index is 0.146. The van der Waals surface area contributed by atoms with Crippen molar-refractivity contribution in [1.29, 1.82) is 0 Å². The average molecular weight is 582 g/mol. The Bertz CT molecular complexity index is 1330. The van der Waals surface area contributed by atoms with Crippen LogP contribution in [0.25, 0.3) is 6.08 Å². The number of hydrogen-bond acceptors (Lipinski definition) is 3. The number of pyridine rings is 1. The number of carbonyl (C=O) groups is 1.